The van der Waals surface area contributed by atoms with Crippen molar-refractivity contribution in [3.63, 3.8) is 0 Å². The summed E-state index contributed by atoms with van der Waals surface area (Å²) in [6, 6.07) is 22.1. The third-order valence-electron chi connectivity index (χ3n) is 15.5. The lowest BCUT2D eigenvalue weighted by molar-refractivity contribution is -0.131. The lowest BCUT2D eigenvalue weighted by Gasteiger charge is -2.31. The number of rotatable bonds is 31. The minimum atomic E-state index is -0.910. The van der Waals surface area contributed by atoms with Crippen LogP contribution in [0.4, 0.5) is 15.3 Å². The van der Waals surface area contributed by atoms with Crippen LogP contribution in [-0.4, -0.2) is 152 Å². The van der Waals surface area contributed by atoms with Crippen molar-refractivity contribution >= 4 is 96.4 Å². The van der Waals surface area contributed by atoms with E-state index in [2.05, 4.69) is 47.1 Å². The molecule has 2 aliphatic rings. The van der Waals surface area contributed by atoms with Crippen LogP contribution in [0.5, 0.6) is 5.75 Å². The topological polar surface area (TPSA) is 272 Å². The number of ketones is 3. The molecule has 0 saturated carbocycles. The molecule has 20 nitrogen and oxygen atoms in total. The second kappa shape index (κ2) is 31.4. The largest absolute Gasteiger partial charge is 0.415 e. The summed E-state index contributed by atoms with van der Waals surface area (Å²) in [6.07, 6.45) is 2.67. The van der Waals surface area contributed by atoms with Crippen LogP contribution in [0.1, 0.15) is 122 Å². The highest BCUT2D eigenvalue weighted by molar-refractivity contribution is 9.09. The number of carbonyl (C=O) groups is 9. The van der Waals surface area contributed by atoms with E-state index in [4.69, 9.17) is 15.2 Å². The second-order valence-electron chi connectivity index (χ2n) is 22.2. The molecule has 0 radical (unpaired) electrons. The summed E-state index contributed by atoms with van der Waals surface area (Å²) in [5.74, 6) is -1.69. The maximum absolute atomic E-state index is 14.5. The smallest absolute Gasteiger partial charge is 0.409 e. The van der Waals surface area contributed by atoms with Gasteiger partial charge in [0.1, 0.15) is 17.2 Å². The lowest BCUT2D eigenvalue weighted by atomic mass is 9.89. The number of primary amides is 1. The average molecular weight is 1220 g/mol. The van der Waals surface area contributed by atoms with E-state index in [0.717, 1.165) is 52.3 Å². The minimum absolute atomic E-state index is 0.00676. The molecule has 1 saturated heterocycles. The molecule has 1 fully saturated rings. The van der Waals surface area contributed by atoms with Crippen molar-refractivity contribution in [3.8, 4) is 5.75 Å². The van der Waals surface area contributed by atoms with E-state index in [9.17, 15) is 43.2 Å². The number of amides is 7. The van der Waals surface area contributed by atoms with Gasteiger partial charge in [-0.05, 0) is 85.3 Å². The normalized spacial score (nSPS) is 14.9. The van der Waals surface area contributed by atoms with Crippen LogP contribution in [0.25, 0.3) is 21.7 Å². The Morgan fingerprint density at radius 1 is 0.750 bits per heavy atom. The van der Waals surface area contributed by atoms with Crippen molar-refractivity contribution in [2.75, 3.05) is 82.8 Å². The molecule has 4 aromatic carbocycles. The van der Waals surface area contributed by atoms with Crippen LogP contribution in [0.2, 0.25) is 0 Å². The molecular weight excluding hydrogens is 1140 g/mol. The van der Waals surface area contributed by atoms with Crippen molar-refractivity contribution in [1.82, 2.24) is 36.1 Å². The number of nitrogens with one attached hydrogen (secondary N) is 5. The van der Waals surface area contributed by atoms with Crippen LogP contribution in [0.15, 0.2) is 78.9 Å². The van der Waals surface area contributed by atoms with Crippen LogP contribution in [0, 0.1) is 11.8 Å². The first-order valence-electron chi connectivity index (χ1n) is 29.2. The predicted octanol–water partition coefficient (Wildman–Crippen LogP) is 7.52. The van der Waals surface area contributed by atoms with E-state index >= 15 is 0 Å². The standard InChI is InChI=1S/C63H80BrN9O11/c1-5-10-57(77)67-26-32-83-31-23-46(74)11-8-24-66-58(78)22-20-47(40(2)3)60(79)70-51(14-9-25-68-62(65)81)55(76)34-41-15-18-43(19-16-41)54(75)35-42-17-21-50-44(33-42)36-52(69-50)61(80)73-39-45(38-64)59-49-13-7-6-12-48(49)56(37-53(59)73)84-63(82)72-29-27-71(4)28-30-72/h6-7,12-13,15-19,21,33,36-37,40,45,47,51,69H,5,8-11,14,20,22-32,34-35,38-39H2,1-4H3,(H,66,78)(H,67,77)(H,70,79)(H3,65,68,81)/t45-,47+,51+/m1/s1. The number of alkyl halides is 1. The van der Waals surface area contributed by atoms with E-state index in [1.54, 1.807) is 40.1 Å². The van der Waals surface area contributed by atoms with E-state index < -0.39 is 24.1 Å². The number of hydrogen-bond donors (Lipinski definition) is 6. The molecule has 7 N–H and O–H groups in total. The van der Waals surface area contributed by atoms with E-state index in [1.165, 1.54) is 0 Å². The van der Waals surface area contributed by atoms with Gasteiger partial charge in [-0.3, -0.25) is 33.6 Å². The Hall–Kier alpha value is -7.49. The third-order valence-corrected chi connectivity index (χ3v) is 16.3. The van der Waals surface area contributed by atoms with Crippen LogP contribution < -0.4 is 36.6 Å². The van der Waals surface area contributed by atoms with Crippen molar-refractivity contribution < 1.29 is 52.6 Å². The number of benzene rings is 4. The van der Waals surface area contributed by atoms with Crippen molar-refractivity contribution in [1.29, 1.82) is 0 Å². The van der Waals surface area contributed by atoms with Crippen molar-refractivity contribution in [3.05, 3.63) is 107 Å². The van der Waals surface area contributed by atoms with Crippen LogP contribution >= 0.6 is 15.9 Å². The lowest BCUT2D eigenvalue weighted by Crippen LogP contribution is -2.48. The van der Waals surface area contributed by atoms with Gasteiger partial charge in [-0.1, -0.05) is 91.3 Å². The highest BCUT2D eigenvalue weighted by Crippen LogP contribution is 2.46. The molecule has 84 heavy (non-hydrogen) atoms. The predicted molar refractivity (Wildman–Crippen MR) is 326 cm³/mol. The second-order valence-corrected chi connectivity index (χ2v) is 22.8. The van der Waals surface area contributed by atoms with Gasteiger partial charge in [0.25, 0.3) is 5.91 Å². The molecule has 0 spiro atoms. The molecule has 21 heteroatoms. The molecule has 450 valence electrons. The summed E-state index contributed by atoms with van der Waals surface area (Å²) in [7, 11) is 2.02. The molecule has 1 aromatic heterocycles. The summed E-state index contributed by atoms with van der Waals surface area (Å²) in [6.45, 7) is 10.2. The molecule has 7 amide bonds. The molecule has 7 rings (SSSR count). The third kappa shape index (κ3) is 18.0. The van der Waals surface area contributed by atoms with Crippen molar-refractivity contribution in [2.45, 2.75) is 103 Å². The number of aromatic amines is 1. The van der Waals surface area contributed by atoms with Gasteiger partial charge in [0.15, 0.2) is 11.6 Å². The molecular formula is C63H80BrN9O11. The number of likely N-dealkylation sites (N-methyl/N-ethyl adjacent to an activating group) is 1. The first kappa shape index (κ1) is 64.1. The Morgan fingerprint density at radius 3 is 2.17 bits per heavy atom. The number of piperazine rings is 1. The van der Waals surface area contributed by atoms with Crippen LogP contribution in [0.3, 0.4) is 0 Å². The maximum atomic E-state index is 14.5. The summed E-state index contributed by atoms with van der Waals surface area (Å²) in [4.78, 5) is 126. The zero-order valence-electron chi connectivity index (χ0n) is 48.7. The minimum Gasteiger partial charge on any atom is -0.409 e. The van der Waals surface area contributed by atoms with Gasteiger partial charge in [-0.25, -0.2) is 9.59 Å². The number of nitrogens with two attached hydrogens (primary N) is 1. The highest BCUT2D eigenvalue weighted by Gasteiger charge is 2.36. The van der Waals surface area contributed by atoms with E-state index in [0.29, 0.717) is 92.2 Å². The fourth-order valence-corrected chi connectivity index (χ4v) is 11.2. The molecule has 2 aliphatic heterocycles. The van der Waals surface area contributed by atoms with Crippen molar-refractivity contribution in [2.24, 2.45) is 17.6 Å². The number of halogens is 1. The summed E-state index contributed by atoms with van der Waals surface area (Å²) < 4.78 is 11.5. The fourth-order valence-electron chi connectivity index (χ4n) is 10.7. The number of fused-ring (bicyclic) bond motifs is 4. The molecule has 0 unspecified atom stereocenters. The van der Waals surface area contributed by atoms with Crippen LogP contribution in [-0.2, 0) is 41.6 Å². The number of carbonyl (C=O) groups excluding carboxylic acids is 9. The number of Topliss-reactive ketones (excluding diaryl/α,β-unsaturated/α-hetero) is 3. The van der Waals surface area contributed by atoms with Gasteiger partial charge < -0.3 is 56.2 Å². The number of aromatic nitrogens is 1. The first-order valence-corrected chi connectivity index (χ1v) is 30.4. The maximum Gasteiger partial charge on any atom is 0.415 e. The molecule has 0 aliphatic carbocycles. The number of anilines is 1. The zero-order chi connectivity index (χ0) is 60.3. The zero-order valence-corrected chi connectivity index (χ0v) is 50.2. The summed E-state index contributed by atoms with van der Waals surface area (Å²) in [5.41, 5.74) is 9.86. The SMILES string of the molecule is CCCC(=O)NCCOCCC(=O)CCCNC(=O)CC[C@H](C(=O)N[C@@H](CCCNC(N)=O)C(=O)Cc1ccc(C(=O)Cc2ccc3[nH]c(C(=O)N4C[C@@H](CBr)c5c4cc(OC(=O)N4CCN(C)CC4)c4ccccc54)cc3c2)cc1)C(C)C. The van der Waals surface area contributed by atoms with Gasteiger partial charge in [-0.15, -0.1) is 0 Å². The highest BCUT2D eigenvalue weighted by atomic mass is 79.9. The van der Waals surface area contributed by atoms with Gasteiger partial charge in [0, 0.05) is 136 Å². The van der Waals surface area contributed by atoms with Gasteiger partial charge in [0.05, 0.1) is 24.9 Å². The Morgan fingerprint density at radius 2 is 1.45 bits per heavy atom. The number of urea groups is 1. The quantitative estimate of drug-likeness (QED) is 0.0143. The molecule has 5 aromatic rings. The number of hydrogen-bond acceptors (Lipinski definition) is 12. The Labute approximate surface area is 499 Å². The van der Waals surface area contributed by atoms with E-state index in [-0.39, 0.29) is 111 Å². The fraction of sp³-hybridized carbons (Fsp3) is 0.476. The first-order chi connectivity index (χ1) is 40.4. The number of H-pyrrole nitrogens is 1. The van der Waals surface area contributed by atoms with Gasteiger partial charge in [0.2, 0.25) is 17.7 Å². The molecule has 3 heterocycles. The average Bonchev–Trinajstić information content (AvgIpc) is 3.28. The van der Waals surface area contributed by atoms with E-state index in [1.807, 2.05) is 76.3 Å². The molecule has 0 bridgehead atoms. The van der Waals surface area contributed by atoms with Gasteiger partial charge in [-0.2, -0.15) is 0 Å². The van der Waals surface area contributed by atoms with Gasteiger partial charge >= 0.3 is 12.1 Å². The Bertz CT molecular complexity index is 3160. The number of nitrogens with zero attached hydrogens (tertiary/aromatic N) is 3. The number of ether oxygens (including phenoxy) is 2. The summed E-state index contributed by atoms with van der Waals surface area (Å²) in [5, 5.41) is 14.1. The monoisotopic (exact) mass is 1220 g/mol. The Balaban J connectivity index is 0.918. The Kier molecular flexibility index (Phi) is 24.0. The molecule has 3 atom stereocenters. The summed E-state index contributed by atoms with van der Waals surface area (Å²) >= 11 is 3.69.